The van der Waals surface area contributed by atoms with Crippen molar-refractivity contribution < 1.29 is 4.79 Å². The second kappa shape index (κ2) is 6.70. The molecule has 1 aromatic carbocycles. The van der Waals surface area contributed by atoms with Gasteiger partial charge >= 0.3 is 0 Å². The molecule has 3 aromatic rings. The van der Waals surface area contributed by atoms with Crippen LogP contribution in [0.3, 0.4) is 0 Å². The van der Waals surface area contributed by atoms with E-state index in [1.54, 1.807) is 11.0 Å². The van der Waals surface area contributed by atoms with Crippen LogP contribution in [0, 0.1) is 0 Å². The fraction of sp³-hybridized carbons (Fsp3) is 0.222. The van der Waals surface area contributed by atoms with Gasteiger partial charge in [-0.05, 0) is 13.0 Å². The predicted octanol–water partition coefficient (Wildman–Crippen LogP) is 3.69. The Hall–Kier alpha value is -2.44. The van der Waals surface area contributed by atoms with Gasteiger partial charge in [0.15, 0.2) is 11.6 Å². The number of benzene rings is 1. The van der Waals surface area contributed by atoms with Crippen molar-refractivity contribution in [1.82, 2.24) is 24.6 Å². The van der Waals surface area contributed by atoms with E-state index >= 15 is 0 Å². The van der Waals surface area contributed by atoms with E-state index in [0.29, 0.717) is 18.7 Å². The van der Waals surface area contributed by atoms with Gasteiger partial charge in [0.05, 0.1) is 17.1 Å². The highest BCUT2D eigenvalue weighted by Gasteiger charge is 2.31. The molecule has 0 N–H and O–H groups in total. The average molecular weight is 388 g/mol. The fourth-order valence-corrected chi connectivity index (χ4v) is 3.48. The Balaban J connectivity index is 1.66. The van der Waals surface area contributed by atoms with E-state index in [9.17, 15) is 4.79 Å². The molecule has 0 radical (unpaired) electrons. The standard InChI is InChI=1S/C18H15Cl2N5O/c1-11-9-25-14(22-23-17(25)12-5-3-2-4-6-12)10-24(11)18(26)13-7-8-21-16(20)15(13)19/h2-8,11H,9-10H2,1H3. The molecule has 26 heavy (non-hydrogen) atoms. The summed E-state index contributed by atoms with van der Waals surface area (Å²) in [5, 5.41) is 8.89. The molecule has 2 aromatic heterocycles. The summed E-state index contributed by atoms with van der Waals surface area (Å²) in [7, 11) is 0. The molecule has 1 aliphatic rings. The molecule has 0 spiro atoms. The topological polar surface area (TPSA) is 63.9 Å². The number of hydrogen-bond donors (Lipinski definition) is 0. The number of nitrogens with zero attached hydrogens (tertiary/aromatic N) is 5. The van der Waals surface area contributed by atoms with E-state index in [1.165, 1.54) is 6.20 Å². The third kappa shape index (κ3) is 2.85. The summed E-state index contributed by atoms with van der Waals surface area (Å²) in [5.41, 5.74) is 1.34. The molecule has 132 valence electrons. The fourth-order valence-electron chi connectivity index (χ4n) is 3.13. The van der Waals surface area contributed by atoms with Crippen LogP contribution >= 0.6 is 23.2 Å². The largest absolute Gasteiger partial charge is 0.327 e. The van der Waals surface area contributed by atoms with Crippen LogP contribution in [-0.4, -0.2) is 36.6 Å². The van der Waals surface area contributed by atoms with E-state index in [4.69, 9.17) is 23.2 Å². The van der Waals surface area contributed by atoms with Crippen molar-refractivity contribution in [2.75, 3.05) is 0 Å². The molecule has 4 rings (SSSR count). The number of pyridine rings is 1. The second-order valence-electron chi connectivity index (χ2n) is 6.16. The lowest BCUT2D eigenvalue weighted by molar-refractivity contribution is 0.0612. The molecule has 8 heteroatoms. The first-order valence-electron chi connectivity index (χ1n) is 8.14. The number of aromatic nitrogens is 4. The molecule has 0 aliphatic carbocycles. The normalized spacial score (nSPS) is 16.4. The third-order valence-electron chi connectivity index (χ3n) is 4.49. The van der Waals surface area contributed by atoms with Crippen LogP contribution in [0.1, 0.15) is 23.1 Å². The summed E-state index contributed by atoms with van der Waals surface area (Å²) in [5.74, 6) is 1.36. The Morgan fingerprint density at radius 1 is 1.15 bits per heavy atom. The number of rotatable bonds is 2. The number of carbonyl (C=O) groups is 1. The summed E-state index contributed by atoms with van der Waals surface area (Å²) in [4.78, 5) is 18.6. The summed E-state index contributed by atoms with van der Waals surface area (Å²) < 4.78 is 2.06. The number of carbonyl (C=O) groups excluding carboxylic acids is 1. The van der Waals surface area contributed by atoms with Gasteiger partial charge in [0.2, 0.25) is 0 Å². The first-order chi connectivity index (χ1) is 12.6. The number of amides is 1. The summed E-state index contributed by atoms with van der Waals surface area (Å²) >= 11 is 12.1. The minimum Gasteiger partial charge on any atom is -0.327 e. The maximum absolute atomic E-state index is 13.0. The van der Waals surface area contributed by atoms with Crippen LogP contribution < -0.4 is 0 Å². The van der Waals surface area contributed by atoms with Crippen molar-refractivity contribution in [2.24, 2.45) is 0 Å². The molecule has 3 heterocycles. The molecule has 0 fully saturated rings. The SMILES string of the molecule is CC1Cn2c(nnc2-c2ccccc2)CN1C(=O)c1ccnc(Cl)c1Cl. The third-order valence-corrected chi connectivity index (χ3v) is 5.25. The van der Waals surface area contributed by atoms with E-state index < -0.39 is 0 Å². The van der Waals surface area contributed by atoms with E-state index in [-0.39, 0.29) is 22.1 Å². The van der Waals surface area contributed by atoms with Crippen molar-refractivity contribution in [3.05, 3.63) is 64.2 Å². The summed E-state index contributed by atoms with van der Waals surface area (Å²) in [6, 6.07) is 11.4. The zero-order chi connectivity index (χ0) is 18.3. The monoisotopic (exact) mass is 387 g/mol. The highest BCUT2D eigenvalue weighted by molar-refractivity contribution is 6.43. The first-order valence-corrected chi connectivity index (χ1v) is 8.90. The summed E-state index contributed by atoms with van der Waals surface area (Å²) in [6.45, 7) is 2.96. The van der Waals surface area contributed by atoms with Gasteiger partial charge in [-0.3, -0.25) is 4.79 Å². The molecule has 0 saturated carbocycles. The molecule has 1 atom stereocenters. The lowest BCUT2D eigenvalue weighted by Gasteiger charge is -2.34. The smallest absolute Gasteiger partial charge is 0.256 e. The Bertz CT molecular complexity index is 973. The Morgan fingerprint density at radius 2 is 1.92 bits per heavy atom. The van der Waals surface area contributed by atoms with Crippen molar-refractivity contribution >= 4 is 29.1 Å². The van der Waals surface area contributed by atoms with Gasteiger partial charge in [-0.1, -0.05) is 53.5 Å². The second-order valence-corrected chi connectivity index (χ2v) is 6.90. The number of fused-ring (bicyclic) bond motifs is 1. The molecule has 1 unspecified atom stereocenters. The van der Waals surface area contributed by atoms with Crippen LogP contribution in [0.25, 0.3) is 11.4 Å². The van der Waals surface area contributed by atoms with Crippen LogP contribution in [0.5, 0.6) is 0 Å². The van der Waals surface area contributed by atoms with Gasteiger partial charge in [-0.2, -0.15) is 0 Å². The van der Waals surface area contributed by atoms with Crippen molar-refractivity contribution in [3.63, 3.8) is 0 Å². The van der Waals surface area contributed by atoms with Crippen molar-refractivity contribution in [1.29, 1.82) is 0 Å². The van der Waals surface area contributed by atoms with Gasteiger partial charge in [-0.25, -0.2) is 4.98 Å². The molecule has 0 saturated heterocycles. The number of hydrogen-bond acceptors (Lipinski definition) is 4. The number of halogens is 2. The average Bonchev–Trinajstić information content (AvgIpc) is 3.06. The minimum absolute atomic E-state index is 0.0449. The molecular formula is C18H15Cl2N5O. The zero-order valence-corrected chi connectivity index (χ0v) is 15.4. The van der Waals surface area contributed by atoms with Gasteiger partial charge in [0.25, 0.3) is 5.91 Å². The lowest BCUT2D eigenvalue weighted by Crippen LogP contribution is -2.45. The van der Waals surface area contributed by atoms with Gasteiger partial charge < -0.3 is 9.47 Å². The van der Waals surface area contributed by atoms with Crippen molar-refractivity contribution in [3.8, 4) is 11.4 Å². The molecule has 1 aliphatic heterocycles. The van der Waals surface area contributed by atoms with Crippen LogP contribution in [0.15, 0.2) is 42.6 Å². The first kappa shape index (κ1) is 17.0. The van der Waals surface area contributed by atoms with Gasteiger partial charge in [0, 0.05) is 24.3 Å². The summed E-state index contributed by atoms with van der Waals surface area (Å²) in [6.07, 6.45) is 1.48. The zero-order valence-electron chi connectivity index (χ0n) is 13.9. The van der Waals surface area contributed by atoms with E-state index in [2.05, 4.69) is 19.7 Å². The quantitative estimate of drug-likeness (QED) is 0.628. The van der Waals surface area contributed by atoms with Crippen LogP contribution in [0.2, 0.25) is 10.2 Å². The van der Waals surface area contributed by atoms with Gasteiger partial charge in [0.1, 0.15) is 5.15 Å². The highest BCUT2D eigenvalue weighted by Crippen LogP contribution is 2.28. The maximum atomic E-state index is 13.0. The Labute approximate surface area is 160 Å². The Morgan fingerprint density at radius 3 is 2.69 bits per heavy atom. The predicted molar refractivity (Wildman–Crippen MR) is 99.1 cm³/mol. The highest BCUT2D eigenvalue weighted by atomic mass is 35.5. The van der Waals surface area contributed by atoms with E-state index in [1.807, 2.05) is 37.3 Å². The Kier molecular flexibility index (Phi) is 4.38. The van der Waals surface area contributed by atoms with Crippen molar-refractivity contribution in [2.45, 2.75) is 26.1 Å². The molecule has 6 nitrogen and oxygen atoms in total. The lowest BCUT2D eigenvalue weighted by atomic mass is 10.1. The maximum Gasteiger partial charge on any atom is 0.256 e. The molecular weight excluding hydrogens is 373 g/mol. The van der Waals surface area contributed by atoms with Crippen LogP contribution in [-0.2, 0) is 13.1 Å². The molecule has 1 amide bonds. The minimum atomic E-state index is -0.192. The van der Waals surface area contributed by atoms with Crippen LogP contribution in [0.4, 0.5) is 0 Å². The van der Waals surface area contributed by atoms with Gasteiger partial charge in [-0.15, -0.1) is 10.2 Å². The van der Waals surface area contributed by atoms with E-state index in [0.717, 1.165) is 17.2 Å². The molecule has 0 bridgehead atoms.